The van der Waals surface area contributed by atoms with E-state index in [9.17, 15) is 14.0 Å². The lowest BCUT2D eigenvalue weighted by Gasteiger charge is -2.24. The molecule has 1 saturated heterocycles. The van der Waals surface area contributed by atoms with Gasteiger partial charge in [-0.1, -0.05) is 6.07 Å². The molecule has 1 heterocycles. The van der Waals surface area contributed by atoms with E-state index in [0.717, 1.165) is 5.69 Å². The van der Waals surface area contributed by atoms with Crippen LogP contribution in [0.4, 0.5) is 20.6 Å². The number of methoxy groups -OCH3 is 1. The van der Waals surface area contributed by atoms with Crippen molar-refractivity contribution in [3.63, 3.8) is 0 Å². The Hall–Kier alpha value is -3.09. The van der Waals surface area contributed by atoms with E-state index >= 15 is 0 Å². The van der Waals surface area contributed by atoms with E-state index in [1.54, 1.807) is 48.4 Å². The first-order valence-corrected chi connectivity index (χ1v) is 8.80. The Morgan fingerprint density at radius 2 is 2.04 bits per heavy atom. The van der Waals surface area contributed by atoms with Gasteiger partial charge in [0.2, 0.25) is 5.91 Å². The number of urea groups is 1. The lowest BCUT2D eigenvalue weighted by molar-refractivity contribution is -0.117. The number of anilines is 2. The van der Waals surface area contributed by atoms with Crippen LogP contribution in [0, 0.1) is 5.82 Å². The predicted molar refractivity (Wildman–Crippen MR) is 102 cm³/mol. The third-order valence-electron chi connectivity index (χ3n) is 4.52. The standard InChI is InChI=1S/C20H22FN3O3/c1-3-23(16-7-9-18(27-2)10-8-16)20(26)22-15-12-19(25)24(13-15)17-6-4-5-14(21)11-17/h4-11,15H,3,12-13H2,1-2H3,(H,22,26). The first-order valence-electron chi connectivity index (χ1n) is 8.80. The Labute approximate surface area is 157 Å². The van der Waals surface area contributed by atoms with E-state index < -0.39 is 5.82 Å². The highest BCUT2D eigenvalue weighted by Gasteiger charge is 2.32. The molecule has 1 fully saturated rings. The lowest BCUT2D eigenvalue weighted by Crippen LogP contribution is -2.46. The molecule has 0 aliphatic carbocycles. The average molecular weight is 371 g/mol. The number of ether oxygens (including phenoxy) is 1. The molecule has 3 rings (SSSR count). The predicted octanol–water partition coefficient (Wildman–Crippen LogP) is 3.18. The summed E-state index contributed by atoms with van der Waals surface area (Å²) in [5.74, 6) is 0.171. The van der Waals surface area contributed by atoms with Gasteiger partial charge in [0, 0.05) is 30.9 Å². The summed E-state index contributed by atoms with van der Waals surface area (Å²) in [6.07, 6.45) is 0.183. The maximum atomic E-state index is 13.4. The van der Waals surface area contributed by atoms with Crippen LogP contribution in [0.2, 0.25) is 0 Å². The van der Waals surface area contributed by atoms with Crippen LogP contribution in [0.15, 0.2) is 48.5 Å². The zero-order chi connectivity index (χ0) is 19.4. The van der Waals surface area contributed by atoms with Gasteiger partial charge in [-0.3, -0.25) is 9.69 Å². The van der Waals surface area contributed by atoms with Crippen molar-refractivity contribution < 1.29 is 18.7 Å². The summed E-state index contributed by atoms with van der Waals surface area (Å²) >= 11 is 0. The first-order chi connectivity index (χ1) is 13.0. The highest BCUT2D eigenvalue weighted by atomic mass is 19.1. The van der Waals surface area contributed by atoms with Crippen molar-refractivity contribution in [3.8, 4) is 5.75 Å². The number of carbonyl (C=O) groups is 2. The Morgan fingerprint density at radius 3 is 2.67 bits per heavy atom. The Balaban J connectivity index is 1.67. The van der Waals surface area contributed by atoms with Gasteiger partial charge in [0.15, 0.2) is 0 Å². The Morgan fingerprint density at radius 1 is 1.30 bits per heavy atom. The molecule has 1 aliphatic rings. The third-order valence-corrected chi connectivity index (χ3v) is 4.52. The average Bonchev–Trinajstić information content (AvgIpc) is 3.03. The molecular formula is C20H22FN3O3. The van der Waals surface area contributed by atoms with Gasteiger partial charge in [-0.05, 0) is 49.4 Å². The normalized spacial score (nSPS) is 16.3. The highest BCUT2D eigenvalue weighted by Crippen LogP contribution is 2.23. The summed E-state index contributed by atoms with van der Waals surface area (Å²) in [6.45, 7) is 2.67. The van der Waals surface area contributed by atoms with Gasteiger partial charge in [-0.2, -0.15) is 0 Å². The topological polar surface area (TPSA) is 61.9 Å². The number of benzene rings is 2. The molecular weight excluding hydrogens is 349 g/mol. The zero-order valence-corrected chi connectivity index (χ0v) is 15.3. The summed E-state index contributed by atoms with van der Waals surface area (Å²) in [5, 5.41) is 2.90. The number of nitrogens with zero attached hydrogens (tertiary/aromatic N) is 2. The molecule has 7 heteroatoms. The third kappa shape index (κ3) is 4.19. The fourth-order valence-electron chi connectivity index (χ4n) is 3.16. The number of carbonyl (C=O) groups excluding carboxylic acids is 2. The molecule has 0 aromatic heterocycles. The van der Waals surface area contributed by atoms with Gasteiger partial charge in [-0.25, -0.2) is 9.18 Å². The monoisotopic (exact) mass is 371 g/mol. The number of rotatable bonds is 5. The van der Waals surface area contributed by atoms with Crippen LogP contribution in [0.25, 0.3) is 0 Å². The molecule has 1 unspecified atom stereocenters. The van der Waals surface area contributed by atoms with Gasteiger partial charge in [0.1, 0.15) is 11.6 Å². The summed E-state index contributed by atoms with van der Waals surface area (Å²) in [7, 11) is 1.58. The summed E-state index contributed by atoms with van der Waals surface area (Å²) < 4.78 is 18.6. The van der Waals surface area contributed by atoms with Crippen molar-refractivity contribution in [1.29, 1.82) is 0 Å². The Kier molecular flexibility index (Phi) is 5.59. The van der Waals surface area contributed by atoms with E-state index in [1.807, 2.05) is 6.92 Å². The molecule has 2 aromatic carbocycles. The number of hydrogen-bond donors (Lipinski definition) is 1. The van der Waals surface area contributed by atoms with Crippen molar-refractivity contribution in [2.75, 3.05) is 30.0 Å². The fourth-order valence-corrected chi connectivity index (χ4v) is 3.16. The van der Waals surface area contributed by atoms with E-state index in [4.69, 9.17) is 4.74 Å². The molecule has 1 N–H and O–H groups in total. The minimum absolute atomic E-state index is 0.140. The van der Waals surface area contributed by atoms with Crippen molar-refractivity contribution in [2.24, 2.45) is 0 Å². The van der Waals surface area contributed by atoms with Crippen LogP contribution in [0.3, 0.4) is 0 Å². The van der Waals surface area contributed by atoms with E-state index in [2.05, 4.69) is 5.32 Å². The van der Waals surface area contributed by atoms with Gasteiger partial charge >= 0.3 is 6.03 Å². The van der Waals surface area contributed by atoms with Crippen LogP contribution in [0.1, 0.15) is 13.3 Å². The van der Waals surface area contributed by atoms with Crippen LogP contribution >= 0.6 is 0 Å². The van der Waals surface area contributed by atoms with Crippen LogP contribution in [0.5, 0.6) is 5.75 Å². The van der Waals surface area contributed by atoms with Crippen LogP contribution in [-0.4, -0.2) is 38.2 Å². The summed E-state index contributed by atoms with van der Waals surface area (Å²) in [6, 6.07) is 12.5. The summed E-state index contributed by atoms with van der Waals surface area (Å²) in [5.41, 5.74) is 1.24. The lowest BCUT2D eigenvalue weighted by atomic mass is 10.2. The van der Waals surface area contributed by atoms with Crippen molar-refractivity contribution in [3.05, 3.63) is 54.3 Å². The van der Waals surface area contributed by atoms with Gasteiger partial charge in [-0.15, -0.1) is 0 Å². The number of hydrogen-bond acceptors (Lipinski definition) is 3. The molecule has 2 aromatic rings. The van der Waals surface area contributed by atoms with E-state index in [1.165, 1.54) is 17.0 Å². The smallest absolute Gasteiger partial charge is 0.322 e. The van der Waals surface area contributed by atoms with Crippen LogP contribution in [-0.2, 0) is 4.79 Å². The highest BCUT2D eigenvalue weighted by molar-refractivity contribution is 5.98. The second kappa shape index (κ2) is 8.07. The molecule has 0 radical (unpaired) electrons. The molecule has 1 atom stereocenters. The van der Waals surface area contributed by atoms with Crippen molar-refractivity contribution >= 4 is 23.3 Å². The zero-order valence-electron chi connectivity index (χ0n) is 15.3. The van der Waals surface area contributed by atoms with Crippen LogP contribution < -0.4 is 19.9 Å². The second-order valence-electron chi connectivity index (χ2n) is 6.28. The number of amides is 3. The van der Waals surface area contributed by atoms with Crippen molar-refractivity contribution in [1.82, 2.24) is 5.32 Å². The summed E-state index contributed by atoms with van der Waals surface area (Å²) in [4.78, 5) is 28.1. The molecule has 142 valence electrons. The molecule has 27 heavy (non-hydrogen) atoms. The maximum absolute atomic E-state index is 13.4. The molecule has 1 aliphatic heterocycles. The molecule has 0 spiro atoms. The largest absolute Gasteiger partial charge is 0.497 e. The molecule has 6 nitrogen and oxygen atoms in total. The van der Waals surface area contributed by atoms with E-state index in [-0.39, 0.29) is 24.4 Å². The number of halogens is 1. The van der Waals surface area contributed by atoms with Gasteiger partial charge in [0.05, 0.1) is 13.2 Å². The van der Waals surface area contributed by atoms with Gasteiger partial charge in [0.25, 0.3) is 0 Å². The maximum Gasteiger partial charge on any atom is 0.322 e. The second-order valence-corrected chi connectivity index (χ2v) is 6.28. The number of nitrogens with one attached hydrogen (secondary N) is 1. The molecule has 0 bridgehead atoms. The fraction of sp³-hybridized carbons (Fsp3) is 0.300. The first kappa shape index (κ1) is 18.7. The van der Waals surface area contributed by atoms with Crippen molar-refractivity contribution in [2.45, 2.75) is 19.4 Å². The SMILES string of the molecule is CCN(C(=O)NC1CC(=O)N(c2cccc(F)c2)C1)c1ccc(OC)cc1. The van der Waals surface area contributed by atoms with E-state index in [0.29, 0.717) is 24.5 Å². The Bertz CT molecular complexity index is 825. The minimum Gasteiger partial charge on any atom is -0.497 e. The molecule has 0 saturated carbocycles. The molecule has 3 amide bonds. The van der Waals surface area contributed by atoms with Gasteiger partial charge < -0.3 is 15.0 Å². The minimum atomic E-state index is -0.399. The quantitative estimate of drug-likeness (QED) is 0.878.